The van der Waals surface area contributed by atoms with E-state index in [9.17, 15) is 18.0 Å². The molecule has 2 aliphatic rings. The molecule has 3 nitrogen and oxygen atoms in total. The standard InChI is InChI=1S/C15H13BrF3NO2/c16-11-7-9(8-4-2-1-3-5-8)6-10-12(11)14(21)22-20-13(10)15(17,18)19/h4,6-7,13,20H,1-3,5H2. The molecule has 1 aromatic carbocycles. The molecule has 1 N–H and O–H groups in total. The second-order valence-electron chi connectivity index (χ2n) is 5.38. The third-order valence-electron chi connectivity index (χ3n) is 3.89. The van der Waals surface area contributed by atoms with Crippen LogP contribution >= 0.6 is 15.9 Å². The Morgan fingerprint density at radius 3 is 2.68 bits per heavy atom. The molecule has 1 aliphatic heterocycles. The van der Waals surface area contributed by atoms with Gasteiger partial charge < -0.3 is 4.84 Å². The Labute approximate surface area is 133 Å². The second-order valence-corrected chi connectivity index (χ2v) is 6.23. The van der Waals surface area contributed by atoms with Crippen molar-refractivity contribution in [3.63, 3.8) is 0 Å². The van der Waals surface area contributed by atoms with Crippen LogP contribution in [0.1, 0.15) is 53.2 Å². The first kappa shape index (κ1) is 15.6. The van der Waals surface area contributed by atoms with Gasteiger partial charge in [-0.25, -0.2) is 4.79 Å². The maximum atomic E-state index is 13.2. The summed E-state index contributed by atoms with van der Waals surface area (Å²) in [5.74, 6) is -0.813. The Morgan fingerprint density at radius 2 is 2.05 bits per heavy atom. The van der Waals surface area contributed by atoms with Crippen LogP contribution in [0.25, 0.3) is 5.57 Å². The smallest absolute Gasteiger partial charge is 0.366 e. The van der Waals surface area contributed by atoms with Crippen molar-refractivity contribution >= 4 is 27.5 Å². The summed E-state index contributed by atoms with van der Waals surface area (Å²) in [7, 11) is 0. The number of alkyl halides is 3. The molecule has 1 atom stereocenters. The maximum absolute atomic E-state index is 13.2. The van der Waals surface area contributed by atoms with Crippen molar-refractivity contribution in [2.24, 2.45) is 0 Å². The number of carbonyl (C=O) groups is 1. The zero-order chi connectivity index (χ0) is 15.9. The Balaban J connectivity index is 2.13. The van der Waals surface area contributed by atoms with Crippen molar-refractivity contribution in [2.75, 3.05) is 0 Å². The molecule has 0 radical (unpaired) electrons. The van der Waals surface area contributed by atoms with Crippen molar-refractivity contribution in [1.82, 2.24) is 5.48 Å². The highest BCUT2D eigenvalue weighted by Gasteiger charge is 2.46. The van der Waals surface area contributed by atoms with E-state index in [0.717, 1.165) is 36.8 Å². The fourth-order valence-corrected chi connectivity index (χ4v) is 3.46. The molecule has 3 rings (SSSR count). The quantitative estimate of drug-likeness (QED) is 0.773. The van der Waals surface area contributed by atoms with Crippen molar-refractivity contribution < 1.29 is 22.8 Å². The maximum Gasteiger partial charge on any atom is 0.411 e. The Hall–Kier alpha value is -1.34. The minimum absolute atomic E-state index is 0.0683. The van der Waals surface area contributed by atoms with Crippen molar-refractivity contribution in [3.05, 3.63) is 39.4 Å². The number of allylic oxidation sites excluding steroid dienone is 2. The minimum atomic E-state index is -4.55. The van der Waals surface area contributed by atoms with E-state index in [-0.39, 0.29) is 11.1 Å². The van der Waals surface area contributed by atoms with Gasteiger partial charge in [0.1, 0.15) is 0 Å². The van der Waals surface area contributed by atoms with E-state index in [1.807, 2.05) is 5.48 Å². The zero-order valence-electron chi connectivity index (χ0n) is 11.5. The fraction of sp³-hybridized carbons (Fsp3) is 0.400. The van der Waals surface area contributed by atoms with Crippen LogP contribution in [0, 0.1) is 0 Å². The van der Waals surface area contributed by atoms with Gasteiger partial charge in [-0.2, -0.15) is 13.2 Å². The molecule has 0 fully saturated rings. The lowest BCUT2D eigenvalue weighted by atomic mass is 9.89. The van der Waals surface area contributed by atoms with Crippen LogP contribution < -0.4 is 5.48 Å². The lowest BCUT2D eigenvalue weighted by Crippen LogP contribution is -2.41. The summed E-state index contributed by atoms with van der Waals surface area (Å²) in [4.78, 5) is 16.2. The van der Waals surface area contributed by atoms with Crippen LogP contribution in [0.5, 0.6) is 0 Å². The van der Waals surface area contributed by atoms with Gasteiger partial charge in [0.15, 0.2) is 6.04 Å². The first-order chi connectivity index (χ1) is 10.4. The molecular formula is C15H13BrF3NO2. The van der Waals surface area contributed by atoms with Gasteiger partial charge in [-0.05, 0) is 70.4 Å². The Morgan fingerprint density at radius 1 is 1.27 bits per heavy atom. The van der Waals surface area contributed by atoms with Gasteiger partial charge in [0.2, 0.25) is 0 Å². The monoisotopic (exact) mass is 375 g/mol. The molecule has 7 heteroatoms. The molecule has 1 heterocycles. The summed E-state index contributed by atoms with van der Waals surface area (Å²) >= 11 is 3.21. The van der Waals surface area contributed by atoms with E-state index in [1.165, 1.54) is 6.07 Å². The summed E-state index contributed by atoms with van der Waals surface area (Å²) in [5, 5.41) is 0. The Bertz CT molecular complexity index is 655. The molecule has 0 aromatic heterocycles. The van der Waals surface area contributed by atoms with Crippen LogP contribution in [0.4, 0.5) is 13.2 Å². The average Bonchev–Trinajstić information content (AvgIpc) is 2.46. The number of carbonyl (C=O) groups excluding carboxylic acids is 1. The molecule has 1 unspecified atom stereocenters. The summed E-state index contributed by atoms with van der Waals surface area (Å²) in [6.45, 7) is 0. The summed E-state index contributed by atoms with van der Waals surface area (Å²) in [5.41, 5.74) is 3.38. The predicted octanol–water partition coefficient (Wildman–Crippen LogP) is 4.68. The van der Waals surface area contributed by atoms with Crippen molar-refractivity contribution in [3.8, 4) is 0 Å². The van der Waals surface area contributed by atoms with Crippen LogP contribution in [0.15, 0.2) is 22.7 Å². The van der Waals surface area contributed by atoms with E-state index in [1.54, 1.807) is 6.07 Å². The SMILES string of the molecule is O=C1ONC(C(F)(F)F)c2cc(C3=CCCCC3)cc(Br)c21. The third kappa shape index (κ3) is 2.79. The third-order valence-corrected chi connectivity index (χ3v) is 4.52. The lowest BCUT2D eigenvalue weighted by molar-refractivity contribution is -0.181. The number of rotatable bonds is 1. The molecule has 1 aromatic rings. The van der Waals surface area contributed by atoms with E-state index in [0.29, 0.717) is 4.47 Å². The summed E-state index contributed by atoms with van der Waals surface area (Å²) in [6.07, 6.45) is 1.37. The van der Waals surface area contributed by atoms with E-state index < -0.39 is 18.2 Å². The number of halogens is 4. The van der Waals surface area contributed by atoms with Crippen LogP contribution in [-0.4, -0.2) is 12.1 Å². The number of benzene rings is 1. The molecule has 0 saturated heterocycles. The van der Waals surface area contributed by atoms with Crippen molar-refractivity contribution in [2.45, 2.75) is 37.9 Å². The fourth-order valence-electron chi connectivity index (χ4n) is 2.83. The lowest BCUT2D eigenvalue weighted by Gasteiger charge is -2.28. The molecule has 1 aliphatic carbocycles. The average molecular weight is 376 g/mol. The van der Waals surface area contributed by atoms with Crippen LogP contribution in [-0.2, 0) is 4.84 Å². The first-order valence-electron chi connectivity index (χ1n) is 6.94. The van der Waals surface area contributed by atoms with E-state index in [4.69, 9.17) is 0 Å². The highest BCUT2D eigenvalue weighted by Crippen LogP contribution is 2.41. The molecule has 22 heavy (non-hydrogen) atoms. The number of hydrogen-bond acceptors (Lipinski definition) is 3. The van der Waals surface area contributed by atoms with E-state index in [2.05, 4.69) is 26.8 Å². The Kier molecular flexibility index (Phi) is 4.03. The number of fused-ring (bicyclic) bond motifs is 1. The molecule has 0 saturated carbocycles. The molecular weight excluding hydrogens is 363 g/mol. The van der Waals surface area contributed by atoms with Crippen molar-refractivity contribution in [1.29, 1.82) is 0 Å². The summed E-state index contributed by atoms with van der Waals surface area (Å²) in [6, 6.07) is 1.12. The van der Waals surface area contributed by atoms with Gasteiger partial charge in [-0.3, -0.25) is 0 Å². The highest BCUT2D eigenvalue weighted by atomic mass is 79.9. The topological polar surface area (TPSA) is 38.3 Å². The van der Waals surface area contributed by atoms with Crippen LogP contribution in [0.3, 0.4) is 0 Å². The van der Waals surface area contributed by atoms with Gasteiger partial charge in [-0.1, -0.05) is 6.08 Å². The second kappa shape index (κ2) is 5.70. The first-order valence-corrected chi connectivity index (χ1v) is 7.73. The molecule has 0 spiro atoms. The normalized spacial score (nSPS) is 21.9. The molecule has 118 valence electrons. The predicted molar refractivity (Wildman–Crippen MR) is 77.9 cm³/mol. The van der Waals surface area contributed by atoms with Gasteiger partial charge in [0, 0.05) is 4.47 Å². The number of hydrogen-bond donors (Lipinski definition) is 1. The molecule has 0 amide bonds. The zero-order valence-corrected chi connectivity index (χ0v) is 13.1. The highest BCUT2D eigenvalue weighted by molar-refractivity contribution is 9.10. The van der Waals surface area contributed by atoms with Gasteiger partial charge >= 0.3 is 12.1 Å². The minimum Gasteiger partial charge on any atom is -0.366 e. The number of hydroxylamine groups is 1. The van der Waals surface area contributed by atoms with Gasteiger partial charge in [-0.15, -0.1) is 5.48 Å². The summed E-state index contributed by atoms with van der Waals surface area (Å²) < 4.78 is 39.8. The largest absolute Gasteiger partial charge is 0.411 e. The molecule has 0 bridgehead atoms. The van der Waals surface area contributed by atoms with Gasteiger partial charge in [0.25, 0.3) is 0 Å². The van der Waals surface area contributed by atoms with Crippen LogP contribution in [0.2, 0.25) is 0 Å². The number of nitrogens with one attached hydrogen (secondary N) is 1. The van der Waals surface area contributed by atoms with Gasteiger partial charge in [0.05, 0.1) is 5.56 Å². The van der Waals surface area contributed by atoms with E-state index >= 15 is 0 Å².